The van der Waals surface area contributed by atoms with Gasteiger partial charge in [0.15, 0.2) is 35.0 Å². The minimum Gasteiger partial charge on any atom is -0.493 e. The predicted molar refractivity (Wildman–Crippen MR) is 413 cm³/mol. The fourth-order valence-electron chi connectivity index (χ4n) is 16.3. The standard InChI is InChI=1S/C85H95N11O16/c1-8-51(4)77(88-80(102)65-19-13-34-91(65)76(101)45-86-73(99)29-27-59(97)28-31-75(100)93-46-56-15-9-10-16-60(56)79-78(89-90-96(79)50(2)3)61-17-11-12-18-64(61)93)68(98)37-52-20-22-53(23-21-52)48-112-84(106)95-66-42-72(70(108-6)41-63(66)82(104)94-49-85(32-33-85)43-67(94)83(95)105)111-36-14-35-110-71-39-54-24-26-58-38-57(55-25-30-74(109-7)87-44-55)47-92(58)81(103)62(54)40-69(71)107-5/h9-12,15-18,20-23,25,30,39-42,44,47,50-51,58,65,67,77,83,105H,8,13-14,19,24,26-29,31-38,43,45-46,48-49H2,1-7H3,(H,86,99)(H,88,102)/t51-,58+,65-,67-,77-,83-/m0/s1. The maximum atomic E-state index is 14.6. The second-order valence-corrected chi connectivity index (χ2v) is 30.5. The van der Waals surface area contributed by atoms with Gasteiger partial charge in [-0.05, 0) is 140 Å². The number of likely N-dealkylation sites (tertiary alicyclic amines) is 1. The maximum Gasteiger partial charge on any atom is 0.416 e. The number of aliphatic hydroxyl groups excluding tert-OH is 1. The van der Waals surface area contributed by atoms with E-state index in [4.69, 9.17) is 28.4 Å². The van der Waals surface area contributed by atoms with Gasteiger partial charge in [-0.1, -0.05) is 92.2 Å². The molecule has 586 valence electrons. The Kier molecular flexibility index (Phi) is 22.9. The number of carbonyl (C=O) groups is 9. The third-order valence-corrected chi connectivity index (χ3v) is 22.9. The summed E-state index contributed by atoms with van der Waals surface area (Å²) in [5, 5.41) is 26.9. The third-order valence-electron chi connectivity index (χ3n) is 22.9. The van der Waals surface area contributed by atoms with Crippen LogP contribution in [0.4, 0.5) is 16.2 Å². The van der Waals surface area contributed by atoms with E-state index in [0.29, 0.717) is 96.9 Å². The number of aryl methyl sites for hydroxylation is 1. The first kappa shape index (κ1) is 77.3. The minimum absolute atomic E-state index is 0.0229. The normalized spacial score (nSPS) is 18.9. The summed E-state index contributed by atoms with van der Waals surface area (Å²) in [6.45, 7) is 8.46. The van der Waals surface area contributed by atoms with Crippen molar-refractivity contribution in [1.29, 1.82) is 0 Å². The highest BCUT2D eigenvalue weighted by Gasteiger charge is 2.58. The molecule has 2 aromatic heterocycles. The molecule has 14 rings (SSSR count). The molecule has 112 heavy (non-hydrogen) atoms. The van der Waals surface area contributed by atoms with Crippen LogP contribution in [-0.2, 0) is 59.5 Å². The number of pyridine rings is 1. The first-order valence-corrected chi connectivity index (χ1v) is 38.7. The average molecular weight is 1530 g/mol. The molecule has 2 saturated heterocycles. The number of nitrogens with zero attached hydrogens (tertiary/aromatic N) is 9. The number of nitrogens with one attached hydrogen (secondary N) is 2. The Morgan fingerprint density at radius 3 is 2.15 bits per heavy atom. The molecule has 0 unspecified atom stereocenters. The van der Waals surface area contributed by atoms with Crippen molar-refractivity contribution in [2.45, 2.75) is 174 Å². The zero-order valence-electron chi connectivity index (χ0n) is 64.2. The van der Waals surface area contributed by atoms with Crippen LogP contribution in [0.5, 0.6) is 28.9 Å². The van der Waals surface area contributed by atoms with Crippen LogP contribution in [-0.4, -0.2) is 177 Å². The molecule has 7 aromatic rings. The molecule has 0 radical (unpaired) electrons. The molecule has 6 atom stereocenters. The van der Waals surface area contributed by atoms with Gasteiger partial charge in [0.25, 0.3) is 11.8 Å². The van der Waals surface area contributed by atoms with E-state index in [1.807, 2.05) is 104 Å². The highest BCUT2D eigenvalue weighted by molar-refractivity contribution is 6.07. The van der Waals surface area contributed by atoms with Crippen LogP contribution >= 0.6 is 0 Å². The van der Waals surface area contributed by atoms with Gasteiger partial charge >= 0.3 is 6.09 Å². The number of ketones is 2. The van der Waals surface area contributed by atoms with Crippen molar-refractivity contribution in [2.75, 3.05) is 64.0 Å². The Morgan fingerprint density at radius 2 is 1.44 bits per heavy atom. The zero-order valence-corrected chi connectivity index (χ0v) is 64.2. The lowest BCUT2D eigenvalue weighted by atomic mass is 9.91. The van der Waals surface area contributed by atoms with Gasteiger partial charge in [0.05, 0.1) is 82.3 Å². The SMILES string of the molecule is CC[C@H](C)[C@H](NC(=O)[C@@H]1CCCN1C(=O)CNC(=O)CCC(=O)CCC(=O)N1Cc2ccccc2-c2c(nnn2C(C)C)-c2ccccc21)C(=O)Cc1ccc(COC(=O)N2c3cc(OCCCOc4cc5c(cc4OC)C(=O)N4C=C(c6ccc(OC)nc6)C[C@H]4CC5)c(OC)cc3C(=O)N3CC4(CC4)C[C@H]3[C@@H]2O)cc1. The van der Waals surface area contributed by atoms with Gasteiger partial charge in [-0.3, -0.25) is 38.4 Å². The largest absolute Gasteiger partial charge is 0.493 e. The molecule has 1 aliphatic carbocycles. The van der Waals surface area contributed by atoms with Gasteiger partial charge in [0, 0.05) is 105 Å². The molecule has 5 aromatic carbocycles. The quantitative estimate of drug-likeness (QED) is 0.0384. The highest BCUT2D eigenvalue weighted by Crippen LogP contribution is 2.57. The van der Waals surface area contributed by atoms with Crippen molar-refractivity contribution in [3.63, 3.8) is 0 Å². The number of para-hydroxylation sites is 1. The molecule has 0 bridgehead atoms. The first-order valence-electron chi connectivity index (χ1n) is 38.7. The van der Waals surface area contributed by atoms with Gasteiger partial charge in [-0.2, -0.15) is 0 Å². The van der Waals surface area contributed by atoms with E-state index >= 15 is 0 Å². The molecule has 27 heteroatoms. The second kappa shape index (κ2) is 33.2. The summed E-state index contributed by atoms with van der Waals surface area (Å²) in [5.41, 5.74) is 9.33. The molecule has 6 aliphatic heterocycles. The number of Topliss-reactive ketones (excluding diaryl/α,β-unsaturated/α-hetero) is 2. The first-order chi connectivity index (χ1) is 54.1. The number of fused-ring (bicyclic) bond motifs is 9. The Labute approximate surface area is 649 Å². The summed E-state index contributed by atoms with van der Waals surface area (Å²) >= 11 is 0. The lowest BCUT2D eigenvalue weighted by Crippen LogP contribution is -2.54. The number of benzene rings is 5. The number of carbonyl (C=O) groups excluding carboxylic acids is 9. The topological polar surface area (TPSA) is 313 Å². The van der Waals surface area contributed by atoms with Crippen LogP contribution in [0.25, 0.3) is 28.1 Å². The predicted octanol–water partition coefficient (Wildman–Crippen LogP) is 10.6. The van der Waals surface area contributed by atoms with E-state index in [1.54, 1.807) is 59.5 Å². The Hall–Kier alpha value is -11.5. The molecule has 3 N–H and O–H groups in total. The van der Waals surface area contributed by atoms with E-state index < -0.39 is 54.7 Å². The maximum absolute atomic E-state index is 14.6. The van der Waals surface area contributed by atoms with Crippen molar-refractivity contribution < 1.29 is 76.7 Å². The van der Waals surface area contributed by atoms with Crippen LogP contribution in [0, 0.1) is 11.3 Å². The Morgan fingerprint density at radius 1 is 0.723 bits per heavy atom. The number of ether oxygens (including phenoxy) is 6. The van der Waals surface area contributed by atoms with Gasteiger partial charge in [-0.15, -0.1) is 5.10 Å². The molecule has 1 spiro atoms. The number of rotatable bonds is 28. The molecule has 1 saturated carbocycles. The molecular weight excluding hydrogens is 1430 g/mol. The van der Waals surface area contributed by atoms with Gasteiger partial charge in [0.1, 0.15) is 24.1 Å². The lowest BCUT2D eigenvalue weighted by molar-refractivity contribution is -0.139. The minimum atomic E-state index is -1.49. The highest BCUT2D eigenvalue weighted by atomic mass is 16.6. The van der Waals surface area contributed by atoms with Crippen molar-refractivity contribution >= 4 is 70.1 Å². The van der Waals surface area contributed by atoms with Crippen LogP contribution in [0.2, 0.25) is 0 Å². The lowest BCUT2D eigenvalue weighted by Gasteiger charge is -2.31. The van der Waals surface area contributed by atoms with E-state index in [0.717, 1.165) is 63.2 Å². The van der Waals surface area contributed by atoms with Crippen LogP contribution < -0.4 is 44.1 Å². The van der Waals surface area contributed by atoms with Crippen LogP contribution in [0.15, 0.2) is 122 Å². The van der Waals surface area contributed by atoms with Crippen LogP contribution in [0.3, 0.4) is 0 Å². The molecule has 7 aliphatic rings. The fourth-order valence-corrected chi connectivity index (χ4v) is 16.3. The monoisotopic (exact) mass is 1530 g/mol. The Balaban J connectivity index is 0.556. The summed E-state index contributed by atoms with van der Waals surface area (Å²) in [7, 11) is 4.55. The van der Waals surface area contributed by atoms with E-state index in [-0.39, 0.29) is 140 Å². The summed E-state index contributed by atoms with van der Waals surface area (Å²) in [4.78, 5) is 138. The number of amides is 7. The number of anilines is 2. The van der Waals surface area contributed by atoms with Crippen molar-refractivity contribution in [2.24, 2.45) is 11.3 Å². The van der Waals surface area contributed by atoms with E-state index in [1.165, 1.54) is 31.3 Å². The number of aliphatic hydroxyl groups is 1. The van der Waals surface area contributed by atoms with Crippen molar-refractivity contribution in [3.8, 4) is 51.4 Å². The molecule has 8 heterocycles. The Bertz CT molecular complexity index is 4820. The smallest absolute Gasteiger partial charge is 0.416 e. The zero-order chi connectivity index (χ0) is 78.6. The number of hydrogen-bond acceptors (Lipinski definition) is 19. The summed E-state index contributed by atoms with van der Waals surface area (Å²) in [5.74, 6) is -1.25. The summed E-state index contributed by atoms with van der Waals surface area (Å²) < 4.78 is 37.3. The number of aromatic nitrogens is 4. The average Bonchev–Trinajstić information content (AvgIpc) is 1.53. The van der Waals surface area contributed by atoms with Gasteiger partial charge in [0.2, 0.25) is 29.5 Å². The van der Waals surface area contributed by atoms with E-state index in [9.17, 15) is 48.3 Å². The molecular formula is C85H95N11O16. The van der Waals surface area contributed by atoms with E-state index in [2.05, 4.69) is 25.9 Å². The third kappa shape index (κ3) is 16.1. The number of hydrogen-bond donors (Lipinski definition) is 3. The van der Waals surface area contributed by atoms with Crippen molar-refractivity contribution in [3.05, 3.63) is 161 Å². The fraction of sp³-hybridized carbons (Fsp3) is 0.435. The second-order valence-electron chi connectivity index (χ2n) is 30.5. The van der Waals surface area contributed by atoms with Crippen molar-refractivity contribution in [1.82, 2.24) is 45.3 Å². The summed E-state index contributed by atoms with van der Waals surface area (Å²) in [6, 6.07) is 30.1. The van der Waals surface area contributed by atoms with Crippen LogP contribution in [0.1, 0.15) is 166 Å². The van der Waals surface area contributed by atoms with Gasteiger partial charge in [-0.25, -0.2) is 19.4 Å². The number of methoxy groups -OCH3 is 3. The summed E-state index contributed by atoms with van der Waals surface area (Å²) in [6.07, 6.45) is 6.83. The molecule has 27 nitrogen and oxygen atoms in total. The van der Waals surface area contributed by atoms with Gasteiger partial charge < -0.3 is 63.8 Å². The molecule has 7 amide bonds. The molecule has 3 fully saturated rings.